The highest BCUT2D eigenvalue weighted by atomic mass is 16.5. The van der Waals surface area contributed by atoms with Crippen molar-refractivity contribution < 1.29 is 28.7 Å². The molecule has 1 aliphatic rings. The zero-order valence-corrected chi connectivity index (χ0v) is 16.8. The van der Waals surface area contributed by atoms with E-state index >= 15 is 0 Å². The van der Waals surface area contributed by atoms with Crippen molar-refractivity contribution in [3.05, 3.63) is 17.8 Å². The largest absolute Gasteiger partial charge is 0.493 e. The summed E-state index contributed by atoms with van der Waals surface area (Å²) in [5, 5.41) is 3.58. The molecule has 0 radical (unpaired) electrons. The van der Waals surface area contributed by atoms with Gasteiger partial charge in [0.05, 0.1) is 45.1 Å². The molecule has 1 unspecified atom stereocenters. The summed E-state index contributed by atoms with van der Waals surface area (Å²) in [6.45, 7) is 3.52. The summed E-state index contributed by atoms with van der Waals surface area (Å²) < 4.78 is 15.6. The van der Waals surface area contributed by atoms with E-state index < -0.39 is 5.97 Å². The first kappa shape index (κ1) is 20.0. The number of H-pyrrole nitrogens is 1. The predicted molar refractivity (Wildman–Crippen MR) is 105 cm³/mol. The molecule has 28 heavy (non-hydrogen) atoms. The lowest BCUT2D eigenvalue weighted by molar-refractivity contribution is -0.920. The van der Waals surface area contributed by atoms with Gasteiger partial charge in [-0.3, -0.25) is 4.79 Å². The van der Waals surface area contributed by atoms with Crippen LogP contribution in [0.25, 0.3) is 10.9 Å². The fraction of sp³-hybridized carbons (Fsp3) is 0.500. The van der Waals surface area contributed by atoms with E-state index in [1.807, 2.05) is 0 Å². The first-order chi connectivity index (χ1) is 13.5. The highest BCUT2D eigenvalue weighted by molar-refractivity contribution is 6.11. The van der Waals surface area contributed by atoms with E-state index in [4.69, 9.17) is 14.2 Å². The molecule has 3 N–H and O–H groups in total. The van der Waals surface area contributed by atoms with Gasteiger partial charge < -0.3 is 29.4 Å². The minimum Gasteiger partial charge on any atom is -0.493 e. The molecular weight excluding hydrogens is 362 g/mol. The second kappa shape index (κ2) is 8.52. The number of esters is 1. The fourth-order valence-corrected chi connectivity index (χ4v) is 3.81. The van der Waals surface area contributed by atoms with Crippen molar-refractivity contribution in [1.82, 2.24) is 4.98 Å². The van der Waals surface area contributed by atoms with Crippen molar-refractivity contribution >= 4 is 28.5 Å². The summed E-state index contributed by atoms with van der Waals surface area (Å²) in [6, 6.07) is 3.92. The van der Waals surface area contributed by atoms with E-state index in [9.17, 15) is 9.59 Å². The lowest BCUT2D eigenvalue weighted by Crippen LogP contribution is -3.17. The Morgan fingerprint density at radius 1 is 1.18 bits per heavy atom. The molecule has 8 heteroatoms. The number of quaternary nitrogens is 1. The van der Waals surface area contributed by atoms with Gasteiger partial charge in [0.25, 0.3) is 5.91 Å². The van der Waals surface area contributed by atoms with Gasteiger partial charge >= 0.3 is 5.97 Å². The van der Waals surface area contributed by atoms with Gasteiger partial charge in [-0.05, 0) is 32.3 Å². The number of aromatic amines is 1. The van der Waals surface area contributed by atoms with Crippen LogP contribution in [0.2, 0.25) is 0 Å². The van der Waals surface area contributed by atoms with Gasteiger partial charge in [0.15, 0.2) is 18.0 Å². The number of likely N-dealkylation sites (tertiary alicyclic amines) is 1. The van der Waals surface area contributed by atoms with Crippen LogP contribution in [0.5, 0.6) is 11.5 Å². The topological polar surface area (TPSA) is 94.1 Å². The number of ether oxygens (including phenoxy) is 3. The van der Waals surface area contributed by atoms with E-state index in [0.29, 0.717) is 40.7 Å². The number of hydrogen-bond acceptors (Lipinski definition) is 5. The van der Waals surface area contributed by atoms with Crippen molar-refractivity contribution in [2.45, 2.75) is 32.2 Å². The Labute approximate surface area is 164 Å². The SMILES string of the molecule is COC(=O)c1[nH]c2cc(OC)c(OC)cc2c1NC(=O)C[NH+]1CCCC[C@@H]1C. The molecule has 0 bridgehead atoms. The molecule has 1 fully saturated rings. The van der Waals surface area contributed by atoms with E-state index in [1.165, 1.54) is 25.5 Å². The number of amides is 1. The Morgan fingerprint density at radius 3 is 2.54 bits per heavy atom. The number of carbonyl (C=O) groups excluding carboxylic acids is 2. The van der Waals surface area contributed by atoms with Crippen LogP contribution >= 0.6 is 0 Å². The minimum absolute atomic E-state index is 0.135. The van der Waals surface area contributed by atoms with Crippen molar-refractivity contribution in [2.24, 2.45) is 0 Å². The highest BCUT2D eigenvalue weighted by Crippen LogP contribution is 2.37. The molecule has 2 heterocycles. The maximum atomic E-state index is 12.8. The number of hydrogen-bond donors (Lipinski definition) is 3. The van der Waals surface area contributed by atoms with Gasteiger partial charge in [-0.25, -0.2) is 4.79 Å². The normalized spacial score (nSPS) is 19.3. The first-order valence-electron chi connectivity index (χ1n) is 9.49. The number of anilines is 1. The van der Waals surface area contributed by atoms with Crippen LogP contribution in [-0.2, 0) is 9.53 Å². The third kappa shape index (κ3) is 3.91. The van der Waals surface area contributed by atoms with Crippen LogP contribution in [-0.4, -0.2) is 57.3 Å². The van der Waals surface area contributed by atoms with E-state index in [-0.39, 0.29) is 11.6 Å². The molecular formula is C20H28N3O5+. The number of benzene rings is 1. The van der Waals surface area contributed by atoms with E-state index in [0.717, 1.165) is 19.4 Å². The van der Waals surface area contributed by atoms with Gasteiger partial charge in [-0.2, -0.15) is 0 Å². The molecule has 0 spiro atoms. The van der Waals surface area contributed by atoms with E-state index in [1.54, 1.807) is 19.2 Å². The van der Waals surface area contributed by atoms with Crippen LogP contribution < -0.4 is 19.7 Å². The van der Waals surface area contributed by atoms with Crippen LogP contribution in [0.1, 0.15) is 36.7 Å². The van der Waals surface area contributed by atoms with Gasteiger partial charge in [0.1, 0.15) is 5.69 Å². The monoisotopic (exact) mass is 390 g/mol. The Hall–Kier alpha value is -2.74. The maximum absolute atomic E-state index is 12.8. The number of aromatic nitrogens is 1. The summed E-state index contributed by atoms with van der Waals surface area (Å²) in [5.41, 5.74) is 1.24. The number of rotatable bonds is 6. The smallest absolute Gasteiger partial charge is 0.356 e. The van der Waals surface area contributed by atoms with Gasteiger partial charge in [0, 0.05) is 11.5 Å². The Morgan fingerprint density at radius 2 is 1.89 bits per heavy atom. The van der Waals surface area contributed by atoms with Crippen LogP contribution in [0.4, 0.5) is 5.69 Å². The molecule has 1 aliphatic heterocycles. The second-order valence-corrected chi connectivity index (χ2v) is 7.15. The first-order valence-corrected chi connectivity index (χ1v) is 9.49. The molecule has 1 saturated heterocycles. The average molecular weight is 390 g/mol. The highest BCUT2D eigenvalue weighted by Gasteiger charge is 2.27. The quantitative estimate of drug-likeness (QED) is 0.648. The predicted octanol–water partition coefficient (Wildman–Crippen LogP) is 1.37. The molecule has 0 saturated carbocycles. The van der Waals surface area contributed by atoms with Crippen LogP contribution in [0.3, 0.4) is 0 Å². The molecule has 1 aromatic heterocycles. The zero-order chi connectivity index (χ0) is 20.3. The molecule has 1 amide bonds. The second-order valence-electron chi connectivity index (χ2n) is 7.15. The number of nitrogens with one attached hydrogen (secondary N) is 3. The van der Waals surface area contributed by atoms with Gasteiger partial charge in [0.2, 0.25) is 0 Å². The number of methoxy groups -OCH3 is 3. The minimum atomic E-state index is -0.553. The van der Waals surface area contributed by atoms with Crippen molar-refractivity contribution in [3.8, 4) is 11.5 Å². The fourth-order valence-electron chi connectivity index (χ4n) is 3.81. The van der Waals surface area contributed by atoms with Crippen molar-refractivity contribution in [2.75, 3.05) is 39.7 Å². The number of piperidine rings is 1. The molecule has 2 atom stereocenters. The van der Waals surface area contributed by atoms with Crippen molar-refractivity contribution in [1.29, 1.82) is 0 Å². The molecule has 152 valence electrons. The summed E-state index contributed by atoms with van der Waals surface area (Å²) in [4.78, 5) is 29.3. The molecule has 1 aromatic carbocycles. The molecule has 8 nitrogen and oxygen atoms in total. The Bertz CT molecular complexity index is 876. The van der Waals surface area contributed by atoms with Crippen LogP contribution in [0, 0.1) is 0 Å². The van der Waals surface area contributed by atoms with Gasteiger partial charge in [-0.1, -0.05) is 0 Å². The summed E-state index contributed by atoms with van der Waals surface area (Å²) >= 11 is 0. The lowest BCUT2D eigenvalue weighted by atomic mass is 10.0. The average Bonchev–Trinajstić information content (AvgIpc) is 3.05. The standard InChI is InChI=1S/C20H27N3O5/c1-12-7-5-6-8-23(12)11-17(24)22-18-13-9-15(26-2)16(27-3)10-14(13)21-19(18)20(25)28-4/h9-10,12,21H,5-8,11H2,1-4H3,(H,22,24)/p+1/t12-/m0/s1. The summed E-state index contributed by atoms with van der Waals surface area (Å²) in [5.74, 6) is 0.348. The molecule has 2 aromatic rings. The number of carbonyl (C=O) groups is 2. The van der Waals surface area contributed by atoms with Crippen LogP contribution in [0.15, 0.2) is 12.1 Å². The third-order valence-corrected chi connectivity index (χ3v) is 5.43. The number of fused-ring (bicyclic) bond motifs is 1. The molecule has 3 rings (SSSR count). The maximum Gasteiger partial charge on any atom is 0.356 e. The van der Waals surface area contributed by atoms with Gasteiger partial charge in [-0.15, -0.1) is 0 Å². The van der Waals surface area contributed by atoms with Crippen molar-refractivity contribution in [3.63, 3.8) is 0 Å². The third-order valence-electron chi connectivity index (χ3n) is 5.43. The Balaban J connectivity index is 1.95. The Kier molecular flexibility index (Phi) is 6.08. The summed E-state index contributed by atoms with van der Waals surface area (Å²) in [6.07, 6.45) is 3.47. The summed E-state index contributed by atoms with van der Waals surface area (Å²) in [7, 11) is 4.39. The zero-order valence-electron chi connectivity index (χ0n) is 16.8. The van der Waals surface area contributed by atoms with E-state index in [2.05, 4.69) is 17.2 Å². The lowest BCUT2D eigenvalue weighted by Gasteiger charge is -2.29. The molecule has 0 aliphatic carbocycles.